The average molecular weight is 288 g/mol. The quantitative estimate of drug-likeness (QED) is 0.926. The number of sulfone groups is 1. The maximum Gasteiger partial charge on any atom is 0.178 e. The second kappa shape index (κ2) is 5.59. The lowest BCUT2D eigenvalue weighted by molar-refractivity contribution is 0.464. The van der Waals surface area contributed by atoms with Crippen molar-refractivity contribution in [2.45, 2.75) is 36.6 Å². The summed E-state index contributed by atoms with van der Waals surface area (Å²) in [5, 5.41) is 0.548. The molecule has 1 aromatic carbocycles. The zero-order chi connectivity index (χ0) is 13.2. The molecule has 3 nitrogen and oxygen atoms in total. The number of halogens is 1. The van der Waals surface area contributed by atoms with E-state index in [9.17, 15) is 8.42 Å². The Balaban J connectivity index is 2.01. The van der Waals surface area contributed by atoms with Gasteiger partial charge in [0.25, 0.3) is 0 Å². The van der Waals surface area contributed by atoms with Crippen LogP contribution in [-0.2, 0) is 9.84 Å². The molecule has 1 aromatic rings. The van der Waals surface area contributed by atoms with Crippen LogP contribution in [0.15, 0.2) is 29.2 Å². The minimum atomic E-state index is -3.20. The van der Waals surface area contributed by atoms with Crippen molar-refractivity contribution in [2.24, 2.45) is 11.7 Å². The number of hydrogen-bond acceptors (Lipinski definition) is 3. The smallest absolute Gasteiger partial charge is 0.178 e. The van der Waals surface area contributed by atoms with Crippen molar-refractivity contribution in [2.75, 3.05) is 5.75 Å². The highest BCUT2D eigenvalue weighted by molar-refractivity contribution is 7.91. The molecule has 2 atom stereocenters. The highest BCUT2D eigenvalue weighted by Crippen LogP contribution is 2.28. The van der Waals surface area contributed by atoms with Crippen LogP contribution in [0.1, 0.15) is 25.7 Å². The maximum atomic E-state index is 12.1. The van der Waals surface area contributed by atoms with Gasteiger partial charge in [-0.2, -0.15) is 0 Å². The van der Waals surface area contributed by atoms with Crippen molar-refractivity contribution in [3.8, 4) is 0 Å². The number of hydrogen-bond donors (Lipinski definition) is 1. The van der Waals surface area contributed by atoms with Crippen molar-refractivity contribution in [3.63, 3.8) is 0 Å². The fourth-order valence-electron chi connectivity index (χ4n) is 2.49. The predicted molar refractivity (Wildman–Crippen MR) is 73.4 cm³/mol. The van der Waals surface area contributed by atoms with E-state index in [4.69, 9.17) is 17.3 Å². The van der Waals surface area contributed by atoms with Crippen LogP contribution in [0.5, 0.6) is 0 Å². The fourth-order valence-corrected chi connectivity index (χ4v) is 4.02. The Labute approximate surface area is 113 Å². The van der Waals surface area contributed by atoms with Crippen molar-refractivity contribution >= 4 is 21.4 Å². The third kappa shape index (κ3) is 3.25. The lowest BCUT2D eigenvalue weighted by Crippen LogP contribution is -2.26. The van der Waals surface area contributed by atoms with Gasteiger partial charge in [0.15, 0.2) is 9.84 Å². The van der Waals surface area contributed by atoms with Gasteiger partial charge in [0.2, 0.25) is 0 Å². The number of nitrogens with two attached hydrogens (primary N) is 1. The zero-order valence-electron chi connectivity index (χ0n) is 10.2. The van der Waals surface area contributed by atoms with Crippen LogP contribution in [0.2, 0.25) is 5.02 Å². The van der Waals surface area contributed by atoms with E-state index in [0.717, 1.165) is 19.3 Å². The first-order chi connectivity index (χ1) is 8.49. The summed E-state index contributed by atoms with van der Waals surface area (Å²) in [4.78, 5) is 0.346. The third-order valence-corrected chi connectivity index (χ3v) is 5.66. The minimum absolute atomic E-state index is 0.172. The Morgan fingerprint density at radius 3 is 2.44 bits per heavy atom. The normalized spacial score (nSPS) is 24.3. The molecule has 0 heterocycles. The molecule has 2 rings (SSSR count). The van der Waals surface area contributed by atoms with E-state index < -0.39 is 9.84 Å². The summed E-state index contributed by atoms with van der Waals surface area (Å²) in [5.41, 5.74) is 5.95. The molecule has 0 spiro atoms. The topological polar surface area (TPSA) is 60.2 Å². The highest BCUT2D eigenvalue weighted by Gasteiger charge is 2.26. The van der Waals surface area contributed by atoms with Gasteiger partial charge in [0.05, 0.1) is 10.6 Å². The van der Waals surface area contributed by atoms with Crippen LogP contribution in [0, 0.1) is 5.92 Å². The van der Waals surface area contributed by atoms with E-state index in [1.165, 1.54) is 0 Å². The molecule has 0 amide bonds. The molecule has 2 unspecified atom stereocenters. The largest absolute Gasteiger partial charge is 0.327 e. The molecule has 1 saturated carbocycles. The monoisotopic (exact) mass is 287 g/mol. The lowest BCUT2D eigenvalue weighted by Gasteiger charge is -2.14. The highest BCUT2D eigenvalue weighted by atomic mass is 35.5. The van der Waals surface area contributed by atoms with E-state index in [1.807, 2.05) is 0 Å². The van der Waals surface area contributed by atoms with Crippen LogP contribution in [0.25, 0.3) is 0 Å². The average Bonchev–Trinajstić information content (AvgIpc) is 2.73. The Morgan fingerprint density at radius 2 is 1.89 bits per heavy atom. The maximum absolute atomic E-state index is 12.1. The molecule has 2 N–H and O–H groups in total. The molecule has 100 valence electrons. The SMILES string of the molecule is NC1CCCC1CCS(=O)(=O)c1ccc(Cl)cc1. The molecule has 1 aliphatic rings. The second-order valence-electron chi connectivity index (χ2n) is 4.92. The first kappa shape index (κ1) is 13.8. The van der Waals surface area contributed by atoms with Crippen LogP contribution in [0.4, 0.5) is 0 Å². The van der Waals surface area contributed by atoms with Gasteiger partial charge >= 0.3 is 0 Å². The standard InChI is InChI=1S/C13H18ClNO2S/c14-11-4-6-12(7-5-11)18(16,17)9-8-10-2-1-3-13(10)15/h4-7,10,13H,1-3,8-9,15H2. The van der Waals surface area contributed by atoms with E-state index in [2.05, 4.69) is 0 Å². The Kier molecular flexibility index (Phi) is 4.30. The van der Waals surface area contributed by atoms with Gasteiger partial charge in [-0.1, -0.05) is 18.0 Å². The zero-order valence-corrected chi connectivity index (χ0v) is 11.8. The van der Waals surface area contributed by atoms with Gasteiger partial charge in [-0.3, -0.25) is 0 Å². The molecule has 0 radical (unpaired) electrons. The lowest BCUT2D eigenvalue weighted by atomic mass is 10.0. The van der Waals surface area contributed by atoms with Gasteiger partial charge < -0.3 is 5.73 Å². The summed E-state index contributed by atoms with van der Waals surface area (Å²) in [7, 11) is -3.20. The number of rotatable bonds is 4. The van der Waals surface area contributed by atoms with Gasteiger partial charge in [0.1, 0.15) is 0 Å². The molecule has 0 aliphatic heterocycles. The predicted octanol–water partition coefficient (Wildman–Crippen LogP) is 2.63. The van der Waals surface area contributed by atoms with Crippen LogP contribution < -0.4 is 5.73 Å². The summed E-state index contributed by atoms with van der Waals surface area (Å²) in [6, 6.07) is 6.51. The molecular formula is C13H18ClNO2S. The number of benzene rings is 1. The van der Waals surface area contributed by atoms with Crippen molar-refractivity contribution in [3.05, 3.63) is 29.3 Å². The van der Waals surface area contributed by atoms with Crippen LogP contribution in [-0.4, -0.2) is 20.2 Å². The molecule has 18 heavy (non-hydrogen) atoms. The van der Waals surface area contributed by atoms with Crippen molar-refractivity contribution in [1.29, 1.82) is 0 Å². The summed E-state index contributed by atoms with van der Waals surface area (Å²) < 4.78 is 24.2. The van der Waals surface area contributed by atoms with Crippen LogP contribution in [0.3, 0.4) is 0 Å². The molecule has 0 bridgehead atoms. The first-order valence-corrected chi connectivity index (χ1v) is 8.26. The van der Waals surface area contributed by atoms with E-state index in [1.54, 1.807) is 24.3 Å². The van der Waals surface area contributed by atoms with E-state index in [0.29, 0.717) is 22.3 Å². The summed E-state index contributed by atoms with van der Waals surface area (Å²) in [6.45, 7) is 0. The molecule has 1 fully saturated rings. The molecule has 1 aliphatic carbocycles. The van der Waals surface area contributed by atoms with Gasteiger partial charge in [0, 0.05) is 11.1 Å². The second-order valence-corrected chi connectivity index (χ2v) is 7.46. The van der Waals surface area contributed by atoms with Crippen molar-refractivity contribution < 1.29 is 8.42 Å². The molecular weight excluding hydrogens is 270 g/mol. The molecule has 5 heteroatoms. The van der Waals surface area contributed by atoms with Gasteiger partial charge in [-0.15, -0.1) is 0 Å². The van der Waals surface area contributed by atoms with E-state index >= 15 is 0 Å². The van der Waals surface area contributed by atoms with Gasteiger partial charge in [-0.25, -0.2) is 8.42 Å². The van der Waals surface area contributed by atoms with E-state index in [-0.39, 0.29) is 11.8 Å². The summed E-state index contributed by atoms with van der Waals surface area (Å²) in [5.74, 6) is 0.527. The minimum Gasteiger partial charge on any atom is -0.327 e. The van der Waals surface area contributed by atoms with Crippen LogP contribution >= 0.6 is 11.6 Å². The summed E-state index contributed by atoms with van der Waals surface area (Å²) in [6.07, 6.45) is 3.85. The van der Waals surface area contributed by atoms with Gasteiger partial charge in [-0.05, 0) is 49.4 Å². The molecule has 0 saturated heterocycles. The third-order valence-electron chi connectivity index (χ3n) is 3.65. The first-order valence-electron chi connectivity index (χ1n) is 6.23. The molecule has 0 aromatic heterocycles. The summed E-state index contributed by atoms with van der Waals surface area (Å²) >= 11 is 5.75. The fraction of sp³-hybridized carbons (Fsp3) is 0.538. The Bertz CT molecular complexity index is 498. The van der Waals surface area contributed by atoms with Crippen molar-refractivity contribution in [1.82, 2.24) is 0 Å². The Hall–Kier alpha value is -0.580. The Morgan fingerprint density at radius 1 is 1.22 bits per heavy atom.